The molecule has 1 aromatic carbocycles. The van der Waals surface area contributed by atoms with E-state index in [0.717, 1.165) is 9.25 Å². The highest BCUT2D eigenvalue weighted by Crippen LogP contribution is 2.01. The molecule has 1 aliphatic rings. The highest BCUT2D eigenvalue weighted by Gasteiger charge is 2.23. The molecule has 0 saturated carbocycles. The van der Waals surface area contributed by atoms with E-state index in [1.165, 1.54) is 12.1 Å². The van der Waals surface area contributed by atoms with E-state index in [-0.39, 0.29) is 5.96 Å². The molecule has 24 heavy (non-hydrogen) atoms. The Morgan fingerprint density at radius 3 is 2.50 bits per heavy atom. The smallest absolute Gasteiger partial charge is 0.288 e. The second-order valence-electron chi connectivity index (χ2n) is 4.90. The number of nitrogens with one attached hydrogen (secondary N) is 3. The third-order valence-electron chi connectivity index (χ3n) is 3.28. The van der Waals surface area contributed by atoms with Crippen molar-refractivity contribution in [3.8, 4) is 5.69 Å². The van der Waals surface area contributed by atoms with Crippen molar-refractivity contribution in [1.29, 1.82) is 0 Å². The maximum absolute atomic E-state index is 12.6. The molecule has 11 heteroatoms. The van der Waals surface area contributed by atoms with Gasteiger partial charge in [-0.25, -0.2) is 19.6 Å². The Labute approximate surface area is 135 Å². The average Bonchev–Trinajstić information content (AvgIpc) is 2.97. The summed E-state index contributed by atoms with van der Waals surface area (Å²) in [4.78, 5) is 37.2. The summed E-state index contributed by atoms with van der Waals surface area (Å²) < 4.78 is 1.82. The van der Waals surface area contributed by atoms with E-state index in [2.05, 4.69) is 26.6 Å². The monoisotopic (exact) mass is 330 g/mol. The van der Waals surface area contributed by atoms with Crippen LogP contribution in [0.2, 0.25) is 0 Å². The molecule has 3 rings (SSSR count). The number of amides is 1. The van der Waals surface area contributed by atoms with Crippen molar-refractivity contribution < 1.29 is 4.79 Å². The van der Waals surface area contributed by atoms with E-state index >= 15 is 0 Å². The summed E-state index contributed by atoms with van der Waals surface area (Å²) in [6.07, 6.45) is 0. The van der Waals surface area contributed by atoms with Gasteiger partial charge in [-0.15, -0.1) is 10.6 Å². The number of guanidine groups is 1. The molecule has 0 spiro atoms. The summed E-state index contributed by atoms with van der Waals surface area (Å²) in [7, 11) is 2.97. The highest BCUT2D eigenvalue weighted by atomic mass is 16.2. The number of para-hydroxylation sites is 1. The minimum Gasteiger partial charge on any atom is -0.288 e. The number of hydrazine groups is 2. The van der Waals surface area contributed by atoms with Gasteiger partial charge in [0.15, 0.2) is 0 Å². The molecule has 124 valence electrons. The molecule has 0 saturated heterocycles. The van der Waals surface area contributed by atoms with Crippen LogP contribution < -0.4 is 27.6 Å². The molecule has 2 aromatic rings. The van der Waals surface area contributed by atoms with Gasteiger partial charge in [-0.3, -0.25) is 19.9 Å². The third kappa shape index (κ3) is 2.63. The Kier molecular flexibility index (Phi) is 3.83. The van der Waals surface area contributed by atoms with Gasteiger partial charge in [0.25, 0.3) is 11.5 Å². The quantitative estimate of drug-likeness (QED) is 0.575. The van der Waals surface area contributed by atoms with Crippen molar-refractivity contribution in [1.82, 2.24) is 35.7 Å². The Bertz CT molecular complexity index is 930. The van der Waals surface area contributed by atoms with E-state index in [4.69, 9.17) is 0 Å². The standard InChI is InChI=1S/C13H14N8O3/c1-19-12(15-17-18-19)14-10(22)9-11(23)21(13(24)20(2)16-9)8-6-4-3-5-7-8/h3-7,17-18H,1-2H3,(H,14,15,22). The van der Waals surface area contributed by atoms with Gasteiger partial charge in [0, 0.05) is 14.1 Å². The lowest BCUT2D eigenvalue weighted by Crippen LogP contribution is -2.49. The van der Waals surface area contributed by atoms with Crippen LogP contribution in [-0.2, 0) is 7.05 Å². The zero-order valence-electron chi connectivity index (χ0n) is 12.8. The topological polar surface area (TPSA) is 126 Å². The van der Waals surface area contributed by atoms with Gasteiger partial charge in [-0.2, -0.15) is 5.10 Å². The first-order valence-corrected chi connectivity index (χ1v) is 6.88. The summed E-state index contributed by atoms with van der Waals surface area (Å²) in [5.41, 5.74) is 3.50. The Hall–Kier alpha value is -3.47. The molecule has 0 atom stereocenters. The lowest BCUT2D eigenvalue weighted by atomic mass is 10.3. The molecule has 2 heterocycles. The van der Waals surface area contributed by atoms with Crippen LogP contribution in [0.1, 0.15) is 10.5 Å². The van der Waals surface area contributed by atoms with Crippen LogP contribution in [0, 0.1) is 0 Å². The number of rotatable bonds is 2. The van der Waals surface area contributed by atoms with Crippen LogP contribution in [0.15, 0.2) is 45.0 Å². The first-order chi connectivity index (χ1) is 11.5. The number of aryl methyl sites for hydroxylation is 1. The van der Waals surface area contributed by atoms with E-state index in [1.807, 2.05) is 0 Å². The number of nitrogens with zero attached hydrogens (tertiary/aromatic N) is 5. The van der Waals surface area contributed by atoms with E-state index in [1.54, 1.807) is 37.4 Å². The normalized spacial score (nSPS) is 13.4. The van der Waals surface area contributed by atoms with E-state index in [9.17, 15) is 14.4 Å². The van der Waals surface area contributed by atoms with Crippen molar-refractivity contribution in [3.05, 3.63) is 56.9 Å². The Morgan fingerprint density at radius 1 is 1.17 bits per heavy atom. The van der Waals surface area contributed by atoms with Crippen LogP contribution in [0.25, 0.3) is 5.69 Å². The summed E-state index contributed by atoms with van der Waals surface area (Å²) in [5, 5.41) is 11.4. The van der Waals surface area contributed by atoms with Crippen molar-refractivity contribution in [2.75, 3.05) is 7.05 Å². The molecule has 1 aromatic heterocycles. The molecular formula is C13H14N8O3. The van der Waals surface area contributed by atoms with Crippen molar-refractivity contribution in [3.63, 3.8) is 0 Å². The number of aromatic nitrogens is 3. The SMILES string of the molecule is CN1NNN=C1NC(=O)c1nn(C)c(=O)n(-c2ccccc2)c1=O. The number of hydrazone groups is 1. The second kappa shape index (κ2) is 5.96. The number of carbonyl (C=O) groups is 1. The number of carbonyl (C=O) groups excluding carboxylic acids is 1. The molecule has 0 radical (unpaired) electrons. The molecule has 0 aliphatic carbocycles. The minimum absolute atomic E-state index is 0.154. The van der Waals surface area contributed by atoms with Crippen molar-refractivity contribution >= 4 is 11.9 Å². The van der Waals surface area contributed by atoms with Gasteiger partial charge in [0.05, 0.1) is 5.69 Å². The Morgan fingerprint density at radius 2 is 1.88 bits per heavy atom. The fourth-order valence-electron chi connectivity index (χ4n) is 2.07. The van der Waals surface area contributed by atoms with Gasteiger partial charge >= 0.3 is 5.69 Å². The number of hydrogen-bond donors (Lipinski definition) is 3. The lowest BCUT2D eigenvalue weighted by Gasteiger charge is -2.13. The number of benzene rings is 1. The maximum Gasteiger partial charge on any atom is 0.351 e. The van der Waals surface area contributed by atoms with Gasteiger partial charge in [0.2, 0.25) is 11.7 Å². The molecule has 3 N–H and O–H groups in total. The molecule has 0 fully saturated rings. The number of hydrogen-bond acceptors (Lipinski definition) is 8. The lowest BCUT2D eigenvalue weighted by molar-refractivity contribution is 0.0962. The van der Waals surface area contributed by atoms with Gasteiger partial charge < -0.3 is 0 Å². The maximum atomic E-state index is 12.6. The molecular weight excluding hydrogens is 316 g/mol. The third-order valence-corrected chi connectivity index (χ3v) is 3.28. The largest absolute Gasteiger partial charge is 0.351 e. The molecule has 0 unspecified atom stereocenters. The molecule has 0 bridgehead atoms. The fourth-order valence-corrected chi connectivity index (χ4v) is 2.07. The first-order valence-electron chi connectivity index (χ1n) is 6.88. The van der Waals surface area contributed by atoms with Crippen LogP contribution >= 0.6 is 0 Å². The molecule has 11 nitrogen and oxygen atoms in total. The zero-order valence-corrected chi connectivity index (χ0v) is 12.8. The predicted molar refractivity (Wildman–Crippen MR) is 84.0 cm³/mol. The average molecular weight is 330 g/mol. The van der Waals surface area contributed by atoms with Crippen LogP contribution in [0.5, 0.6) is 0 Å². The van der Waals surface area contributed by atoms with Crippen LogP contribution in [-0.4, -0.2) is 38.3 Å². The van der Waals surface area contributed by atoms with Gasteiger partial charge in [-0.1, -0.05) is 18.2 Å². The summed E-state index contributed by atoms with van der Waals surface area (Å²) in [5.74, 6) is -0.627. The fraction of sp³-hybridized carbons (Fsp3) is 0.154. The molecule has 1 aliphatic heterocycles. The van der Waals surface area contributed by atoms with Gasteiger partial charge in [-0.05, 0) is 12.1 Å². The van der Waals surface area contributed by atoms with E-state index < -0.39 is 22.9 Å². The summed E-state index contributed by atoms with van der Waals surface area (Å²) in [6, 6.07) is 8.30. The second-order valence-corrected chi connectivity index (χ2v) is 4.90. The summed E-state index contributed by atoms with van der Waals surface area (Å²) in [6.45, 7) is 0. The van der Waals surface area contributed by atoms with Crippen LogP contribution in [0.4, 0.5) is 0 Å². The predicted octanol–water partition coefficient (Wildman–Crippen LogP) is -2.11. The minimum atomic E-state index is -0.816. The van der Waals surface area contributed by atoms with Crippen molar-refractivity contribution in [2.45, 2.75) is 0 Å². The first kappa shape index (κ1) is 15.4. The Balaban J connectivity index is 2.07. The van der Waals surface area contributed by atoms with Gasteiger partial charge in [0.1, 0.15) is 0 Å². The van der Waals surface area contributed by atoms with Crippen molar-refractivity contribution in [2.24, 2.45) is 12.1 Å². The highest BCUT2D eigenvalue weighted by molar-refractivity contribution is 6.04. The summed E-state index contributed by atoms with van der Waals surface area (Å²) >= 11 is 0. The van der Waals surface area contributed by atoms with Crippen LogP contribution in [0.3, 0.4) is 0 Å². The molecule has 1 amide bonds. The van der Waals surface area contributed by atoms with E-state index in [0.29, 0.717) is 5.69 Å². The zero-order chi connectivity index (χ0) is 17.3.